The molecule has 0 amide bonds. The van der Waals surface area contributed by atoms with E-state index < -0.39 is 11.7 Å². The van der Waals surface area contributed by atoms with Gasteiger partial charge >= 0.3 is 6.18 Å². The van der Waals surface area contributed by atoms with Gasteiger partial charge in [0.1, 0.15) is 0 Å². The molecule has 0 saturated heterocycles. The summed E-state index contributed by atoms with van der Waals surface area (Å²) < 4.78 is 40.2. The molecule has 0 atom stereocenters. The molecule has 0 fully saturated rings. The van der Waals surface area contributed by atoms with Crippen molar-refractivity contribution in [3.8, 4) is 40.5 Å². The van der Waals surface area contributed by atoms with Gasteiger partial charge in [0.2, 0.25) is 0 Å². The van der Waals surface area contributed by atoms with Crippen LogP contribution >= 0.6 is 0 Å². The molecule has 6 rings (SSSR count). The van der Waals surface area contributed by atoms with E-state index >= 15 is 0 Å². The number of halogens is 3. The normalized spacial score (nSPS) is 14.7. The van der Waals surface area contributed by atoms with Crippen LogP contribution in [0.4, 0.5) is 18.9 Å². The lowest BCUT2D eigenvalue weighted by molar-refractivity contribution is -0.137. The number of rotatable bonds is 2. The highest BCUT2D eigenvalue weighted by Crippen LogP contribution is 2.60. The summed E-state index contributed by atoms with van der Waals surface area (Å²) in [4.78, 5) is 10.3. The van der Waals surface area contributed by atoms with E-state index in [1.807, 2.05) is 31.2 Å². The second-order valence-electron chi connectivity index (χ2n) is 10.7. The third-order valence-corrected chi connectivity index (χ3v) is 8.14. The van der Waals surface area contributed by atoms with Crippen molar-refractivity contribution < 1.29 is 13.2 Å². The van der Waals surface area contributed by atoms with E-state index in [4.69, 9.17) is 19.7 Å². The Hall–Kier alpha value is -7.17. The van der Waals surface area contributed by atoms with Crippen LogP contribution in [0.25, 0.3) is 59.1 Å². The van der Waals surface area contributed by atoms with Crippen molar-refractivity contribution >= 4 is 28.0 Å². The Morgan fingerprint density at radius 2 is 1.15 bits per heavy atom. The highest BCUT2D eigenvalue weighted by molar-refractivity contribution is 6.37. The molecule has 0 bridgehead atoms. The highest BCUT2D eigenvalue weighted by atomic mass is 19.4. The minimum Gasteiger partial charge on any atom is -0.238 e. The number of nitrogens with zero attached hydrogens (tertiary/aromatic N) is 6. The van der Waals surface area contributed by atoms with Gasteiger partial charge in [-0.05, 0) is 92.4 Å². The zero-order valence-corrected chi connectivity index (χ0v) is 24.2. The Labute approximate surface area is 267 Å². The molecule has 218 valence electrons. The summed E-state index contributed by atoms with van der Waals surface area (Å²) >= 11 is 0. The second-order valence-corrected chi connectivity index (χ2v) is 10.7. The molecule has 4 aromatic carbocycles. The Bertz CT molecular complexity index is 2440. The fourth-order valence-electron chi connectivity index (χ4n) is 6.14. The van der Waals surface area contributed by atoms with Gasteiger partial charge in [-0.2, -0.15) is 18.4 Å². The molecule has 4 aromatic rings. The third-order valence-electron chi connectivity index (χ3n) is 8.14. The standard InChI is InChI=1S/C38H15F3N6/c1-20-5-9-25(23(13-20)17-42)21-6-10-27-29(14-21)34(32(18-43)46-3)37-28-11-7-22(15-30(28)35(36(27)37)33(19-44)47-4)26-12-8-24(38(39,40)41)16-31(26)45-2/h5-16H,1H3/b34-32+,35-33-. The van der Waals surface area contributed by atoms with Crippen LogP contribution in [-0.2, 0) is 6.18 Å². The van der Waals surface area contributed by atoms with E-state index in [9.17, 15) is 29.0 Å². The van der Waals surface area contributed by atoms with Gasteiger partial charge in [-0.1, -0.05) is 48.5 Å². The molecule has 0 aromatic heterocycles. The van der Waals surface area contributed by atoms with Gasteiger partial charge in [-0.15, -0.1) is 0 Å². The van der Waals surface area contributed by atoms with Crippen LogP contribution < -0.4 is 0 Å². The third kappa shape index (κ3) is 4.62. The van der Waals surface area contributed by atoms with Crippen LogP contribution in [0.3, 0.4) is 0 Å². The molecule has 2 aliphatic carbocycles. The van der Waals surface area contributed by atoms with Crippen LogP contribution in [0, 0.1) is 60.6 Å². The molecule has 0 aliphatic heterocycles. The first kappa shape index (κ1) is 29.9. The SMILES string of the molecule is [C-]#[N+]/C(C#N)=C1C2=C(/C(=C(\C#N)[N+]#[C-])c3cc(-c4ccc(C)cc4C#N)ccc32)c2ccc(-c3ccc(C(F)(F)F)cc3[N+]#[C-])cc2\1. The number of hydrogen-bond donors (Lipinski definition) is 0. The Morgan fingerprint density at radius 3 is 1.62 bits per heavy atom. The fourth-order valence-corrected chi connectivity index (χ4v) is 6.14. The number of alkyl halides is 3. The van der Waals surface area contributed by atoms with Gasteiger partial charge in [0.15, 0.2) is 5.69 Å². The van der Waals surface area contributed by atoms with Crippen LogP contribution in [0.15, 0.2) is 84.2 Å². The number of aryl methyl sites for hydroxylation is 1. The average Bonchev–Trinajstić information content (AvgIpc) is 3.57. The van der Waals surface area contributed by atoms with Crippen molar-refractivity contribution in [1.29, 1.82) is 15.8 Å². The summed E-state index contributed by atoms with van der Waals surface area (Å²) in [5.41, 5.74) is 5.17. The smallest absolute Gasteiger partial charge is 0.238 e. The van der Waals surface area contributed by atoms with Gasteiger partial charge in [0.05, 0.1) is 43.5 Å². The predicted octanol–water partition coefficient (Wildman–Crippen LogP) is 10.0. The molecule has 6 nitrogen and oxygen atoms in total. The van der Waals surface area contributed by atoms with Gasteiger partial charge in [0, 0.05) is 16.7 Å². The first-order chi connectivity index (χ1) is 22.6. The van der Waals surface area contributed by atoms with E-state index in [1.165, 1.54) is 6.07 Å². The Morgan fingerprint density at radius 1 is 0.638 bits per heavy atom. The van der Waals surface area contributed by atoms with Crippen molar-refractivity contribution in [3.05, 3.63) is 157 Å². The molecule has 0 radical (unpaired) electrons. The van der Waals surface area contributed by atoms with Crippen LogP contribution in [0.5, 0.6) is 0 Å². The van der Waals surface area contributed by atoms with Crippen LogP contribution in [0.2, 0.25) is 0 Å². The first-order valence-corrected chi connectivity index (χ1v) is 13.8. The largest absolute Gasteiger partial charge is 0.415 e. The number of fused-ring (bicyclic) bond motifs is 4. The molecular weight excluding hydrogens is 597 g/mol. The summed E-state index contributed by atoms with van der Waals surface area (Å²) in [5, 5.41) is 29.9. The summed E-state index contributed by atoms with van der Waals surface area (Å²) in [6.07, 6.45) is -4.64. The van der Waals surface area contributed by atoms with E-state index in [2.05, 4.69) is 20.6 Å². The molecule has 0 unspecified atom stereocenters. The Kier molecular flexibility index (Phi) is 7.04. The molecule has 0 saturated carbocycles. The average molecular weight is 613 g/mol. The maximum absolute atomic E-state index is 13.4. The van der Waals surface area contributed by atoms with E-state index in [-0.39, 0.29) is 28.2 Å². The zero-order chi connectivity index (χ0) is 33.6. The van der Waals surface area contributed by atoms with Crippen molar-refractivity contribution in [2.45, 2.75) is 13.1 Å². The van der Waals surface area contributed by atoms with Gasteiger partial charge in [-0.3, -0.25) is 0 Å². The summed E-state index contributed by atoms with van der Waals surface area (Å²) in [7, 11) is 0. The quantitative estimate of drug-likeness (QED) is 0.167. The topological polar surface area (TPSA) is 84.5 Å². The maximum Gasteiger partial charge on any atom is 0.415 e. The van der Waals surface area contributed by atoms with Crippen molar-refractivity contribution in [2.75, 3.05) is 0 Å². The van der Waals surface area contributed by atoms with Crippen LogP contribution in [0.1, 0.15) is 38.9 Å². The lowest BCUT2D eigenvalue weighted by atomic mass is 9.87. The first-order valence-electron chi connectivity index (χ1n) is 13.8. The summed E-state index contributed by atoms with van der Waals surface area (Å²) in [6.45, 7) is 25.1. The monoisotopic (exact) mass is 612 g/mol. The van der Waals surface area contributed by atoms with Crippen molar-refractivity contribution in [2.24, 2.45) is 0 Å². The highest BCUT2D eigenvalue weighted by Gasteiger charge is 2.40. The summed E-state index contributed by atoms with van der Waals surface area (Å²) in [6, 6.07) is 24.7. The molecule has 47 heavy (non-hydrogen) atoms. The zero-order valence-electron chi connectivity index (χ0n) is 24.2. The van der Waals surface area contributed by atoms with Crippen molar-refractivity contribution in [3.63, 3.8) is 0 Å². The fraction of sp³-hybridized carbons (Fsp3) is 0.0526. The molecule has 0 spiro atoms. The van der Waals surface area contributed by atoms with Crippen molar-refractivity contribution in [1.82, 2.24) is 0 Å². The number of benzene rings is 4. The summed E-state index contributed by atoms with van der Waals surface area (Å²) in [5.74, 6) is 0. The number of hydrogen-bond acceptors (Lipinski definition) is 3. The number of allylic oxidation sites excluding steroid dienone is 6. The molecule has 9 heteroatoms. The number of nitriles is 3. The lowest BCUT2D eigenvalue weighted by Crippen LogP contribution is -2.04. The van der Waals surface area contributed by atoms with Gasteiger partial charge in [0.25, 0.3) is 11.4 Å². The van der Waals surface area contributed by atoms with E-state index in [0.29, 0.717) is 61.2 Å². The van der Waals surface area contributed by atoms with Gasteiger partial charge < -0.3 is 0 Å². The Balaban J connectivity index is 1.62. The molecular formula is C38H15F3N6. The minimum atomic E-state index is -4.64. The second kappa shape index (κ2) is 11.1. The molecule has 0 heterocycles. The lowest BCUT2D eigenvalue weighted by Gasteiger charge is -2.16. The van der Waals surface area contributed by atoms with Crippen LogP contribution in [-0.4, -0.2) is 0 Å². The minimum absolute atomic E-state index is 0.214. The van der Waals surface area contributed by atoms with E-state index in [0.717, 1.165) is 17.7 Å². The maximum atomic E-state index is 13.4. The van der Waals surface area contributed by atoms with E-state index in [1.54, 1.807) is 42.5 Å². The molecule has 2 aliphatic rings. The predicted molar refractivity (Wildman–Crippen MR) is 170 cm³/mol. The van der Waals surface area contributed by atoms with Gasteiger partial charge in [-0.25, -0.2) is 25.1 Å². The molecule has 0 N–H and O–H groups in total.